The number of nitrogens with one attached hydrogen (secondary N) is 2. The topological polar surface area (TPSA) is 88.5 Å². The molecule has 0 aliphatic heterocycles. The fraction of sp³-hybridized carbons (Fsp3) is 0.105. The van der Waals surface area contributed by atoms with Crippen molar-refractivity contribution in [3.63, 3.8) is 0 Å². The van der Waals surface area contributed by atoms with Gasteiger partial charge in [-0.25, -0.2) is 10.1 Å². The Morgan fingerprint density at radius 2 is 1.81 bits per heavy atom. The zero-order valence-electron chi connectivity index (χ0n) is 14.2. The lowest BCUT2D eigenvalue weighted by Crippen LogP contribution is -2.25. The van der Waals surface area contributed by atoms with Crippen LogP contribution in [0, 0.1) is 6.92 Å². The minimum atomic E-state index is -0.415. The van der Waals surface area contributed by atoms with Crippen LogP contribution in [-0.4, -0.2) is 28.5 Å². The van der Waals surface area contributed by atoms with E-state index in [4.69, 9.17) is 4.74 Å². The van der Waals surface area contributed by atoms with Gasteiger partial charge in [-0.2, -0.15) is 5.10 Å². The van der Waals surface area contributed by atoms with Gasteiger partial charge < -0.3 is 4.74 Å². The fourth-order valence-electron chi connectivity index (χ4n) is 2.34. The van der Waals surface area contributed by atoms with E-state index in [1.54, 1.807) is 19.1 Å². The van der Waals surface area contributed by atoms with Crippen molar-refractivity contribution in [2.45, 2.75) is 6.92 Å². The molecular weight excluding hydrogens is 332 g/mol. The number of rotatable bonds is 6. The first-order valence-corrected chi connectivity index (χ1v) is 8.02. The first-order chi connectivity index (χ1) is 12.6. The summed E-state index contributed by atoms with van der Waals surface area (Å²) in [4.78, 5) is 24.2. The second-order valence-electron chi connectivity index (χ2n) is 5.52. The molecule has 0 unspecified atom stereocenters. The van der Waals surface area contributed by atoms with Crippen molar-refractivity contribution in [2.75, 3.05) is 6.61 Å². The molecule has 0 aliphatic rings. The maximum Gasteiger partial charge on any atom is 0.280 e. The lowest BCUT2D eigenvalue weighted by atomic mass is 10.3. The number of hydrazone groups is 1. The van der Waals surface area contributed by atoms with Crippen molar-refractivity contribution < 1.29 is 9.53 Å². The Balaban J connectivity index is 1.63. The highest BCUT2D eigenvalue weighted by atomic mass is 16.5. The summed E-state index contributed by atoms with van der Waals surface area (Å²) in [6.45, 7) is 1.60. The van der Waals surface area contributed by atoms with Crippen LogP contribution in [0.2, 0.25) is 0 Å². The van der Waals surface area contributed by atoms with Gasteiger partial charge in [0.05, 0.1) is 17.5 Å². The van der Waals surface area contributed by atoms with Crippen LogP contribution in [0.25, 0.3) is 5.69 Å². The molecule has 1 heterocycles. The number of carbonyl (C=O) groups is 1. The molecule has 0 fully saturated rings. The predicted molar refractivity (Wildman–Crippen MR) is 98.8 cm³/mol. The molecule has 0 atom stereocenters. The van der Waals surface area contributed by atoms with Gasteiger partial charge in [0.15, 0.2) is 6.61 Å². The van der Waals surface area contributed by atoms with Crippen LogP contribution >= 0.6 is 0 Å². The molecule has 1 aromatic heterocycles. The smallest absolute Gasteiger partial charge is 0.280 e. The molecule has 7 heteroatoms. The first-order valence-electron chi connectivity index (χ1n) is 8.02. The van der Waals surface area contributed by atoms with Gasteiger partial charge in [-0.05, 0) is 31.2 Å². The van der Waals surface area contributed by atoms with Crippen molar-refractivity contribution in [3.05, 3.63) is 82.3 Å². The number of aryl methyl sites for hydroxylation is 1. The van der Waals surface area contributed by atoms with Gasteiger partial charge in [0.1, 0.15) is 5.75 Å². The minimum absolute atomic E-state index is 0.165. The van der Waals surface area contributed by atoms with Gasteiger partial charge in [0.25, 0.3) is 11.5 Å². The number of H-pyrrole nitrogens is 1. The molecule has 2 N–H and O–H groups in total. The van der Waals surface area contributed by atoms with Crippen LogP contribution in [0.1, 0.15) is 11.3 Å². The van der Waals surface area contributed by atoms with E-state index in [1.807, 2.05) is 48.5 Å². The Labute approximate surface area is 149 Å². The highest BCUT2D eigenvalue weighted by Crippen LogP contribution is 2.07. The molecular formula is C19H18N4O3. The molecule has 0 radical (unpaired) electrons. The van der Waals surface area contributed by atoms with Crippen LogP contribution in [0.5, 0.6) is 5.75 Å². The lowest BCUT2D eigenvalue weighted by molar-refractivity contribution is -0.123. The van der Waals surface area contributed by atoms with Crippen LogP contribution < -0.4 is 15.7 Å². The minimum Gasteiger partial charge on any atom is -0.484 e. The van der Waals surface area contributed by atoms with Gasteiger partial charge in [-0.15, -0.1) is 0 Å². The third-order valence-corrected chi connectivity index (χ3v) is 3.63. The Kier molecular flexibility index (Phi) is 5.28. The van der Waals surface area contributed by atoms with Crippen LogP contribution in [0.4, 0.5) is 0 Å². The van der Waals surface area contributed by atoms with E-state index in [1.165, 1.54) is 10.9 Å². The number of para-hydroxylation sites is 2. The number of nitrogens with zero attached hydrogens (tertiary/aromatic N) is 2. The number of carbonyl (C=O) groups excluding carboxylic acids is 1. The summed E-state index contributed by atoms with van der Waals surface area (Å²) in [6.07, 6.45) is 1.33. The molecule has 26 heavy (non-hydrogen) atoms. The van der Waals surface area contributed by atoms with Crippen LogP contribution in [0.3, 0.4) is 0 Å². The van der Waals surface area contributed by atoms with E-state index in [2.05, 4.69) is 15.6 Å². The van der Waals surface area contributed by atoms with Gasteiger partial charge in [-0.3, -0.25) is 14.7 Å². The standard InChI is InChI=1S/C19H18N4O3/c1-14-17(19(25)23(22-14)15-8-4-2-5-9-15)12-20-21-18(24)13-26-16-10-6-3-7-11-16/h2-12,22H,13H2,1H3,(H,21,24)/b20-12-. The quantitative estimate of drug-likeness (QED) is 0.526. The van der Waals surface area contributed by atoms with E-state index in [0.29, 0.717) is 17.0 Å². The average Bonchev–Trinajstić information content (AvgIpc) is 2.96. The second-order valence-corrected chi connectivity index (χ2v) is 5.52. The molecule has 2 aromatic carbocycles. The van der Waals surface area contributed by atoms with Gasteiger partial charge in [0, 0.05) is 5.69 Å². The Hall–Kier alpha value is -3.61. The molecule has 0 saturated carbocycles. The average molecular weight is 350 g/mol. The van der Waals surface area contributed by atoms with Crippen LogP contribution in [-0.2, 0) is 4.79 Å². The normalized spacial score (nSPS) is 10.8. The highest BCUT2D eigenvalue weighted by Gasteiger charge is 2.10. The molecule has 132 valence electrons. The second kappa shape index (κ2) is 7.98. The van der Waals surface area contributed by atoms with E-state index >= 15 is 0 Å². The van der Waals surface area contributed by atoms with E-state index in [-0.39, 0.29) is 12.2 Å². The first kappa shape index (κ1) is 17.2. The summed E-state index contributed by atoms with van der Waals surface area (Å²) >= 11 is 0. The summed E-state index contributed by atoms with van der Waals surface area (Å²) < 4.78 is 6.75. The summed E-state index contributed by atoms with van der Waals surface area (Å²) in [7, 11) is 0. The number of amides is 1. The van der Waals surface area contributed by atoms with Crippen molar-refractivity contribution in [1.29, 1.82) is 0 Å². The third-order valence-electron chi connectivity index (χ3n) is 3.63. The van der Waals surface area contributed by atoms with Crippen LogP contribution in [0.15, 0.2) is 70.6 Å². The molecule has 0 aliphatic carbocycles. The number of hydrogen-bond donors (Lipinski definition) is 2. The zero-order chi connectivity index (χ0) is 18.4. The number of aromatic nitrogens is 2. The number of benzene rings is 2. The molecule has 0 saturated heterocycles. The van der Waals surface area contributed by atoms with Crippen molar-refractivity contribution in [2.24, 2.45) is 5.10 Å². The lowest BCUT2D eigenvalue weighted by Gasteiger charge is -2.03. The van der Waals surface area contributed by atoms with Crippen molar-refractivity contribution in [3.8, 4) is 11.4 Å². The predicted octanol–water partition coefficient (Wildman–Crippen LogP) is 2.00. The molecule has 0 bridgehead atoms. The van der Waals surface area contributed by atoms with E-state index in [9.17, 15) is 9.59 Å². The maximum atomic E-state index is 12.5. The summed E-state index contributed by atoms with van der Waals surface area (Å²) in [5.74, 6) is 0.181. The van der Waals surface area contributed by atoms with E-state index in [0.717, 1.165) is 5.69 Å². The van der Waals surface area contributed by atoms with Gasteiger partial charge in [0.2, 0.25) is 0 Å². The fourth-order valence-corrected chi connectivity index (χ4v) is 2.34. The van der Waals surface area contributed by atoms with Crippen molar-refractivity contribution >= 4 is 12.1 Å². The van der Waals surface area contributed by atoms with Crippen molar-refractivity contribution in [1.82, 2.24) is 15.2 Å². The Morgan fingerprint density at radius 3 is 2.50 bits per heavy atom. The molecule has 3 aromatic rings. The van der Waals surface area contributed by atoms with Gasteiger partial charge >= 0.3 is 0 Å². The zero-order valence-corrected chi connectivity index (χ0v) is 14.2. The summed E-state index contributed by atoms with van der Waals surface area (Å²) in [5, 5.41) is 6.83. The monoisotopic (exact) mass is 350 g/mol. The largest absolute Gasteiger partial charge is 0.484 e. The van der Waals surface area contributed by atoms with E-state index < -0.39 is 5.91 Å². The Bertz CT molecular complexity index is 959. The SMILES string of the molecule is Cc1[nH]n(-c2ccccc2)c(=O)c1/C=N\NC(=O)COc1ccccc1. The Morgan fingerprint density at radius 1 is 1.15 bits per heavy atom. The maximum absolute atomic E-state index is 12.5. The molecule has 1 amide bonds. The number of ether oxygens (including phenoxy) is 1. The molecule has 0 spiro atoms. The summed E-state index contributed by atoms with van der Waals surface area (Å²) in [6, 6.07) is 18.2. The summed E-state index contributed by atoms with van der Waals surface area (Å²) in [5.41, 5.74) is 3.85. The van der Waals surface area contributed by atoms with Gasteiger partial charge in [-0.1, -0.05) is 36.4 Å². The molecule has 7 nitrogen and oxygen atoms in total. The highest BCUT2D eigenvalue weighted by molar-refractivity contribution is 5.83. The third kappa shape index (κ3) is 4.07. The molecule has 3 rings (SSSR count). The number of hydrogen-bond acceptors (Lipinski definition) is 4. The number of aromatic amines is 1.